The van der Waals surface area contributed by atoms with Crippen LogP contribution in [0.5, 0.6) is 11.5 Å². The number of fused-ring (bicyclic) bond motifs is 4. The minimum absolute atomic E-state index is 0.0495. The fourth-order valence-corrected chi connectivity index (χ4v) is 8.24. The van der Waals surface area contributed by atoms with Gasteiger partial charge in [-0.3, -0.25) is 39.0 Å². The van der Waals surface area contributed by atoms with Crippen LogP contribution < -0.4 is 30.7 Å². The third kappa shape index (κ3) is 11.6. The van der Waals surface area contributed by atoms with Gasteiger partial charge in [0.05, 0.1) is 94.6 Å². The second-order valence-corrected chi connectivity index (χ2v) is 16.1. The lowest BCUT2D eigenvalue weighted by atomic mass is 9.92. The molecule has 1 atom stereocenters. The van der Waals surface area contributed by atoms with Crippen LogP contribution in [0.1, 0.15) is 39.1 Å². The quantitative estimate of drug-likeness (QED) is 0.0517. The number of nitrogens with zero attached hydrogens (tertiary/aromatic N) is 2. The molecule has 1 aromatic heterocycles. The Morgan fingerprint density at radius 3 is 2.12 bits per heavy atom. The fraction of sp³-hybridized carbons (Fsp3) is 0.314. The summed E-state index contributed by atoms with van der Waals surface area (Å²) in [5.41, 5.74) is 7.10. The summed E-state index contributed by atoms with van der Waals surface area (Å²) in [5, 5.41) is 11.1. The molecule has 3 aliphatic heterocycles. The molecule has 0 aliphatic carbocycles. The molecule has 4 heterocycles. The number of amides is 6. The number of piperidine rings is 1. The molecule has 0 spiro atoms. The highest BCUT2D eigenvalue weighted by Gasteiger charge is 2.45. The van der Waals surface area contributed by atoms with E-state index in [0.29, 0.717) is 81.4 Å². The summed E-state index contributed by atoms with van der Waals surface area (Å²) in [6, 6.07) is 28.8. The predicted octanol–water partition coefficient (Wildman–Crippen LogP) is 4.66. The van der Waals surface area contributed by atoms with Gasteiger partial charge in [0, 0.05) is 36.3 Å². The van der Waals surface area contributed by atoms with Crippen molar-refractivity contribution in [2.24, 2.45) is 0 Å². The van der Waals surface area contributed by atoms with E-state index >= 15 is 0 Å². The Kier molecular flexibility index (Phi) is 16.0. The second-order valence-electron chi connectivity index (χ2n) is 16.1. The minimum atomic E-state index is -1.03. The lowest BCUT2D eigenvalue weighted by Crippen LogP contribution is -2.54. The molecule has 1 saturated heterocycles. The van der Waals surface area contributed by atoms with Gasteiger partial charge in [0.2, 0.25) is 17.7 Å². The molecule has 0 radical (unpaired) electrons. The van der Waals surface area contributed by atoms with Crippen LogP contribution >= 0.6 is 0 Å². The number of carbonyl (C=O) groups is 6. The number of aromatic nitrogens is 1. The number of nitrogens with one attached hydrogen (secondary N) is 4. The zero-order chi connectivity index (χ0) is 48.1. The Bertz CT molecular complexity index is 2710. The van der Waals surface area contributed by atoms with Gasteiger partial charge in [-0.15, -0.1) is 0 Å². The highest BCUT2D eigenvalue weighted by Crippen LogP contribution is 2.42. The fourth-order valence-electron chi connectivity index (χ4n) is 8.24. The van der Waals surface area contributed by atoms with Crippen molar-refractivity contribution in [3.05, 3.63) is 114 Å². The Labute approximate surface area is 398 Å². The zero-order valence-electron chi connectivity index (χ0n) is 38.0. The summed E-state index contributed by atoms with van der Waals surface area (Å²) >= 11 is 0. The van der Waals surface area contributed by atoms with E-state index in [9.17, 15) is 28.8 Å². The molecule has 6 amide bonds. The smallest absolute Gasteiger partial charge is 0.264 e. The summed E-state index contributed by atoms with van der Waals surface area (Å²) in [6.45, 7) is 2.97. The topological polar surface area (TPSA) is 222 Å². The van der Waals surface area contributed by atoms with E-state index in [0.717, 1.165) is 38.4 Å². The van der Waals surface area contributed by atoms with Crippen molar-refractivity contribution in [2.75, 3.05) is 90.3 Å². The Morgan fingerprint density at radius 2 is 1.38 bits per heavy atom. The maximum Gasteiger partial charge on any atom is 0.264 e. The van der Waals surface area contributed by atoms with E-state index in [1.165, 1.54) is 7.11 Å². The van der Waals surface area contributed by atoms with Gasteiger partial charge in [0.1, 0.15) is 6.04 Å². The lowest BCUT2D eigenvalue weighted by Gasteiger charge is -2.27. The van der Waals surface area contributed by atoms with E-state index < -0.39 is 29.7 Å². The Morgan fingerprint density at radius 1 is 0.681 bits per heavy atom. The first-order chi connectivity index (χ1) is 33.7. The molecule has 0 saturated carbocycles. The molecule has 8 rings (SSSR count). The van der Waals surface area contributed by atoms with Crippen LogP contribution in [0.2, 0.25) is 0 Å². The van der Waals surface area contributed by atoms with Gasteiger partial charge in [-0.05, 0) is 59.5 Å². The van der Waals surface area contributed by atoms with Crippen LogP contribution in [0.3, 0.4) is 0 Å². The number of hydrogen-bond acceptors (Lipinski definition) is 14. The van der Waals surface area contributed by atoms with Gasteiger partial charge in [0.15, 0.2) is 18.1 Å². The molecular weight excluding hydrogens is 889 g/mol. The number of anilines is 2. The van der Waals surface area contributed by atoms with E-state index in [1.54, 1.807) is 24.3 Å². The van der Waals surface area contributed by atoms with Crippen LogP contribution in [0.4, 0.5) is 11.4 Å². The van der Waals surface area contributed by atoms with E-state index in [2.05, 4.69) is 21.3 Å². The molecule has 358 valence electrons. The largest absolute Gasteiger partial charge is 0.493 e. The van der Waals surface area contributed by atoms with Gasteiger partial charge < -0.3 is 44.4 Å². The lowest BCUT2D eigenvalue weighted by molar-refractivity contribution is -0.136. The van der Waals surface area contributed by atoms with Crippen molar-refractivity contribution in [3.63, 3.8) is 0 Å². The number of pyridine rings is 1. The third-order valence-corrected chi connectivity index (χ3v) is 11.5. The molecule has 3 aliphatic rings. The summed E-state index contributed by atoms with van der Waals surface area (Å²) < 4.78 is 33.9. The van der Waals surface area contributed by atoms with Crippen LogP contribution in [0.25, 0.3) is 33.6 Å². The molecule has 0 bridgehead atoms. The van der Waals surface area contributed by atoms with Crippen LogP contribution in [-0.2, 0) is 44.5 Å². The molecule has 18 nitrogen and oxygen atoms in total. The van der Waals surface area contributed by atoms with Crippen molar-refractivity contribution in [3.8, 4) is 45.1 Å². The number of carbonyl (C=O) groups excluding carboxylic acids is 6. The summed E-state index contributed by atoms with van der Waals surface area (Å²) in [7, 11) is 1.53. The second kappa shape index (κ2) is 23.0. The number of imide groups is 2. The van der Waals surface area contributed by atoms with Crippen molar-refractivity contribution < 1.29 is 57.2 Å². The van der Waals surface area contributed by atoms with Crippen LogP contribution in [-0.4, -0.2) is 131 Å². The first-order valence-corrected chi connectivity index (χ1v) is 22.7. The maximum atomic E-state index is 13.2. The number of para-hydroxylation sites is 1. The standard InChI is InChI=1S/C51H52N6O12/c1-64-42-16-14-33(36-29-40(32-8-3-2-4-9-32)55-48-34-10-5-6-12-38(34)54-45(59)30-37(36)48)28-43(42)69-31-46(60)53-19-21-66-23-25-68-27-26-67-24-22-65-20-18-52-39-13-7-11-35-47(39)51(63)57(50(35)62)41-15-17-44(58)56-49(41)61/h2-14,16,28-29,41,52H,15,17-27,30-31H2,1H3,(H,53,60)(H,54,59)(H,56,58,61). The van der Waals surface area contributed by atoms with Gasteiger partial charge in [-0.1, -0.05) is 60.7 Å². The normalized spacial score (nSPS) is 15.1. The van der Waals surface area contributed by atoms with Gasteiger partial charge in [-0.2, -0.15) is 0 Å². The van der Waals surface area contributed by atoms with Crippen molar-refractivity contribution >= 4 is 46.8 Å². The predicted molar refractivity (Wildman–Crippen MR) is 253 cm³/mol. The SMILES string of the molecule is COc1ccc(-c2cc(-c3ccccc3)nc3c2CC(=O)Nc2ccccc2-3)cc1OCC(=O)NCCOCCOCCOCCOCCNc1cccc2c1C(=O)N(C1CCC(=O)NC1=O)C2=O. The highest BCUT2D eigenvalue weighted by atomic mass is 16.6. The van der Waals surface area contributed by atoms with E-state index in [1.807, 2.05) is 72.8 Å². The van der Waals surface area contributed by atoms with Gasteiger partial charge in [-0.25, -0.2) is 4.98 Å². The zero-order valence-corrected chi connectivity index (χ0v) is 38.0. The van der Waals surface area contributed by atoms with Gasteiger partial charge >= 0.3 is 0 Å². The van der Waals surface area contributed by atoms with Crippen LogP contribution in [0.15, 0.2) is 97.1 Å². The molecular formula is C51H52N6O12. The minimum Gasteiger partial charge on any atom is -0.493 e. The molecule has 1 fully saturated rings. The van der Waals surface area contributed by atoms with Crippen LogP contribution in [0, 0.1) is 0 Å². The summed E-state index contributed by atoms with van der Waals surface area (Å²) in [4.78, 5) is 82.2. The number of rotatable bonds is 23. The maximum absolute atomic E-state index is 13.2. The summed E-state index contributed by atoms with van der Waals surface area (Å²) in [6.07, 6.45) is 0.250. The Hall–Kier alpha value is -7.51. The average Bonchev–Trinajstić information content (AvgIpc) is 3.51. The molecule has 1 unspecified atom stereocenters. The number of benzene rings is 4. The monoisotopic (exact) mass is 940 g/mol. The first-order valence-electron chi connectivity index (χ1n) is 22.7. The highest BCUT2D eigenvalue weighted by molar-refractivity contribution is 6.25. The Balaban J connectivity index is 0.704. The number of methoxy groups -OCH3 is 1. The molecule has 5 aromatic rings. The van der Waals surface area contributed by atoms with Gasteiger partial charge in [0.25, 0.3) is 17.7 Å². The number of hydrogen-bond donors (Lipinski definition) is 4. The summed E-state index contributed by atoms with van der Waals surface area (Å²) in [5.74, 6) is -1.91. The van der Waals surface area contributed by atoms with E-state index in [4.69, 9.17) is 33.4 Å². The first kappa shape index (κ1) is 48.0. The average molecular weight is 941 g/mol. The molecule has 4 N–H and O–H groups in total. The van der Waals surface area contributed by atoms with Crippen molar-refractivity contribution in [1.29, 1.82) is 0 Å². The van der Waals surface area contributed by atoms with Crippen molar-refractivity contribution in [2.45, 2.75) is 25.3 Å². The van der Waals surface area contributed by atoms with E-state index in [-0.39, 0.29) is 62.0 Å². The molecule has 69 heavy (non-hydrogen) atoms. The molecule has 4 aromatic carbocycles. The number of ether oxygens (including phenoxy) is 6. The van der Waals surface area contributed by atoms with Crippen molar-refractivity contribution in [1.82, 2.24) is 20.5 Å². The third-order valence-electron chi connectivity index (χ3n) is 11.5. The molecule has 18 heteroatoms.